The summed E-state index contributed by atoms with van der Waals surface area (Å²) in [7, 11) is 0. The van der Waals surface area contributed by atoms with Gasteiger partial charge in [0.1, 0.15) is 28.7 Å². The van der Waals surface area contributed by atoms with E-state index >= 15 is 4.79 Å². The minimum atomic E-state index is -0.392. The second-order valence-electron chi connectivity index (χ2n) is 12.7. The Morgan fingerprint density at radius 2 is 1.57 bits per heavy atom. The van der Waals surface area contributed by atoms with Gasteiger partial charge in [0.25, 0.3) is 11.8 Å². The Labute approximate surface area is 295 Å². The number of nitrogens with one attached hydrogen (secondary N) is 1. The number of phenols is 1. The first-order chi connectivity index (χ1) is 24.9. The molecule has 9 nitrogen and oxygen atoms in total. The first kappa shape index (κ1) is 31.9. The fraction of sp³-hybridized carbons (Fsp3) is 0.167. The van der Waals surface area contributed by atoms with Gasteiger partial charge in [-0.3, -0.25) is 9.59 Å². The highest BCUT2D eigenvalue weighted by molar-refractivity contribution is 6.02. The van der Waals surface area contributed by atoms with Gasteiger partial charge in [-0.05, 0) is 91.1 Å². The zero-order valence-electron chi connectivity index (χ0n) is 28.1. The van der Waals surface area contributed by atoms with Gasteiger partial charge in [0.2, 0.25) is 0 Å². The summed E-state index contributed by atoms with van der Waals surface area (Å²) in [6.45, 7) is 3.18. The van der Waals surface area contributed by atoms with Crippen LogP contribution < -0.4 is 14.8 Å². The number of carbonyl (C=O) groups is 2. The fourth-order valence-electron chi connectivity index (χ4n) is 6.97. The van der Waals surface area contributed by atoms with Gasteiger partial charge in [-0.25, -0.2) is 4.68 Å². The predicted octanol–water partition coefficient (Wildman–Crippen LogP) is 7.65. The van der Waals surface area contributed by atoms with Crippen LogP contribution in [0.25, 0.3) is 16.9 Å². The molecular weight excluding hydrogens is 640 g/mol. The molecule has 1 unspecified atom stereocenters. The Bertz CT molecular complexity index is 2230. The molecule has 5 aliphatic rings. The molecule has 1 aromatic heterocycles. The standard InChI is InChI=1S/C42H36N4O5/c1-27-38(39(28-9-4-2-5-10-28)44-46(27)31-11-6-3-7-12-31)42(49)45-23-21-30-25-33-17-19-35(30)40(45)29-13-15-32(16-14-29)50-24-8-22-43-41(48)36-26-34(51-33)18-20-37(36)47/h2-7,9-20,25-26,40,47H,8,21-24H2,1H3,(H,43,48). The van der Waals surface area contributed by atoms with Crippen LogP contribution in [0.5, 0.6) is 23.0 Å². The molecular formula is C42H36N4O5. The van der Waals surface area contributed by atoms with Gasteiger partial charge in [-0.15, -0.1) is 0 Å². The van der Waals surface area contributed by atoms with Crippen LogP contribution in [0.4, 0.5) is 0 Å². The van der Waals surface area contributed by atoms with Crippen molar-refractivity contribution < 1.29 is 24.2 Å². The van der Waals surface area contributed by atoms with Gasteiger partial charge in [0.05, 0.1) is 35.2 Å². The molecule has 0 aliphatic carbocycles. The van der Waals surface area contributed by atoms with Gasteiger partial charge >= 0.3 is 0 Å². The highest BCUT2D eigenvalue weighted by Crippen LogP contribution is 2.41. The summed E-state index contributed by atoms with van der Waals surface area (Å²) in [5, 5.41) is 18.3. The molecule has 11 rings (SSSR count). The number of aromatic nitrogens is 2. The molecule has 0 fully saturated rings. The monoisotopic (exact) mass is 676 g/mol. The Morgan fingerprint density at radius 3 is 2.35 bits per heavy atom. The van der Waals surface area contributed by atoms with Crippen LogP contribution in [0.15, 0.2) is 121 Å². The maximum Gasteiger partial charge on any atom is 0.258 e. The van der Waals surface area contributed by atoms with Crippen molar-refractivity contribution in [3.05, 3.63) is 155 Å². The molecule has 51 heavy (non-hydrogen) atoms. The summed E-state index contributed by atoms with van der Waals surface area (Å²) in [5.74, 6) is 1.10. The quantitative estimate of drug-likeness (QED) is 0.200. The fourth-order valence-corrected chi connectivity index (χ4v) is 6.97. The Balaban J connectivity index is 1.23. The van der Waals surface area contributed by atoms with Crippen LogP contribution in [0, 0.1) is 6.92 Å². The zero-order chi connectivity index (χ0) is 34.9. The maximum absolute atomic E-state index is 15.1. The van der Waals surface area contributed by atoms with E-state index in [4.69, 9.17) is 14.6 Å². The van der Waals surface area contributed by atoms with E-state index in [1.807, 2.05) is 120 Å². The molecule has 9 heteroatoms. The summed E-state index contributed by atoms with van der Waals surface area (Å²) in [6.07, 6.45) is 1.17. The number of hydrogen-bond donors (Lipinski definition) is 2. The van der Waals surface area contributed by atoms with Gasteiger partial charge < -0.3 is 24.8 Å². The highest BCUT2D eigenvalue weighted by atomic mass is 16.5. The molecule has 0 radical (unpaired) electrons. The molecule has 0 saturated carbocycles. The van der Waals surface area contributed by atoms with Crippen LogP contribution in [0.3, 0.4) is 0 Å². The number of carbonyl (C=O) groups excluding carboxylic acids is 2. The smallest absolute Gasteiger partial charge is 0.258 e. The lowest BCUT2D eigenvalue weighted by Gasteiger charge is -2.38. The number of amides is 2. The summed E-state index contributed by atoms with van der Waals surface area (Å²) in [5.41, 5.74) is 6.85. The maximum atomic E-state index is 15.1. The van der Waals surface area contributed by atoms with E-state index in [0.717, 1.165) is 33.6 Å². The average Bonchev–Trinajstić information content (AvgIpc) is 3.52. The minimum absolute atomic E-state index is 0.1000. The summed E-state index contributed by atoms with van der Waals surface area (Å²) in [6, 6.07) is 37.7. The number of aromatic hydroxyl groups is 1. The highest BCUT2D eigenvalue weighted by Gasteiger charge is 2.36. The van der Waals surface area contributed by atoms with E-state index in [9.17, 15) is 9.90 Å². The molecule has 2 N–H and O–H groups in total. The zero-order valence-corrected chi connectivity index (χ0v) is 28.1. The summed E-state index contributed by atoms with van der Waals surface area (Å²) < 4.78 is 14.1. The van der Waals surface area contributed by atoms with Crippen molar-refractivity contribution in [1.29, 1.82) is 0 Å². The molecule has 0 saturated heterocycles. The number of benzene rings is 5. The molecule has 2 amide bonds. The van der Waals surface area contributed by atoms with Gasteiger partial charge in [-0.2, -0.15) is 5.10 Å². The third-order valence-electron chi connectivity index (χ3n) is 9.50. The molecule has 8 bridgehead atoms. The lowest BCUT2D eigenvalue weighted by atomic mass is 9.87. The second-order valence-corrected chi connectivity index (χ2v) is 12.7. The SMILES string of the molecule is Cc1c(C(=O)N2CCc3cc4ccc3C2c2ccc(cc2)OCCCNC(=O)c2cc(ccc2O)O4)c(-c2ccccc2)nn1-c1ccccc1. The minimum Gasteiger partial charge on any atom is -0.507 e. The Kier molecular flexibility index (Phi) is 8.45. The predicted molar refractivity (Wildman–Crippen MR) is 194 cm³/mol. The topological polar surface area (TPSA) is 106 Å². The molecule has 5 aliphatic heterocycles. The third kappa shape index (κ3) is 6.18. The van der Waals surface area contributed by atoms with E-state index in [1.165, 1.54) is 6.07 Å². The van der Waals surface area contributed by atoms with Crippen molar-refractivity contribution >= 4 is 11.8 Å². The second kappa shape index (κ2) is 13.5. The van der Waals surface area contributed by atoms with Crippen LogP contribution in [0.2, 0.25) is 0 Å². The summed E-state index contributed by atoms with van der Waals surface area (Å²) in [4.78, 5) is 29.9. The van der Waals surface area contributed by atoms with Crippen LogP contribution in [-0.2, 0) is 6.42 Å². The van der Waals surface area contributed by atoms with Crippen molar-refractivity contribution in [2.45, 2.75) is 25.8 Å². The molecule has 1 atom stereocenters. The van der Waals surface area contributed by atoms with E-state index in [-0.39, 0.29) is 17.2 Å². The first-order valence-electron chi connectivity index (χ1n) is 17.1. The van der Waals surface area contributed by atoms with Crippen molar-refractivity contribution in [1.82, 2.24) is 20.0 Å². The van der Waals surface area contributed by atoms with E-state index in [0.29, 0.717) is 61.0 Å². The average molecular weight is 677 g/mol. The first-order valence-corrected chi connectivity index (χ1v) is 17.1. The van der Waals surface area contributed by atoms with Crippen molar-refractivity contribution in [3.8, 4) is 39.9 Å². The lowest BCUT2D eigenvalue weighted by molar-refractivity contribution is 0.0694. The number of nitrogens with zero attached hydrogens (tertiary/aromatic N) is 3. The van der Waals surface area contributed by atoms with Gasteiger partial charge in [0.15, 0.2) is 0 Å². The molecule has 5 aromatic carbocycles. The molecule has 0 spiro atoms. The van der Waals surface area contributed by atoms with Crippen LogP contribution in [-0.4, -0.2) is 51.3 Å². The number of rotatable bonds is 3. The van der Waals surface area contributed by atoms with E-state index in [2.05, 4.69) is 5.32 Å². The van der Waals surface area contributed by atoms with Crippen molar-refractivity contribution in [2.75, 3.05) is 19.7 Å². The molecule has 6 aromatic rings. The van der Waals surface area contributed by atoms with Crippen LogP contribution >= 0.6 is 0 Å². The van der Waals surface area contributed by atoms with Gasteiger partial charge in [-0.1, -0.05) is 66.7 Å². The lowest BCUT2D eigenvalue weighted by Crippen LogP contribution is -2.41. The molecule has 254 valence electrons. The van der Waals surface area contributed by atoms with Crippen LogP contribution in [0.1, 0.15) is 55.6 Å². The Hall–Kier alpha value is -6.35. The number of ether oxygens (including phenoxy) is 2. The van der Waals surface area contributed by atoms with Crippen molar-refractivity contribution in [2.24, 2.45) is 0 Å². The van der Waals surface area contributed by atoms with Gasteiger partial charge in [0, 0.05) is 18.7 Å². The number of para-hydroxylation sites is 1. The molecule has 6 heterocycles. The number of hydrogen-bond acceptors (Lipinski definition) is 6. The summed E-state index contributed by atoms with van der Waals surface area (Å²) >= 11 is 0. The van der Waals surface area contributed by atoms with E-state index < -0.39 is 11.9 Å². The van der Waals surface area contributed by atoms with E-state index in [1.54, 1.807) is 12.1 Å². The number of phenolic OH excluding ortho intramolecular Hbond substituents is 1. The Morgan fingerprint density at radius 1 is 0.863 bits per heavy atom. The third-order valence-corrected chi connectivity index (χ3v) is 9.50. The normalized spacial score (nSPS) is 15.6. The largest absolute Gasteiger partial charge is 0.507 e. The van der Waals surface area contributed by atoms with Crippen molar-refractivity contribution in [3.63, 3.8) is 0 Å².